The van der Waals surface area contributed by atoms with Crippen molar-refractivity contribution in [1.82, 2.24) is 0 Å². The molecule has 20 heavy (non-hydrogen) atoms. The van der Waals surface area contributed by atoms with Crippen molar-refractivity contribution in [3.63, 3.8) is 0 Å². The summed E-state index contributed by atoms with van der Waals surface area (Å²) in [6.07, 6.45) is 0. The summed E-state index contributed by atoms with van der Waals surface area (Å²) >= 11 is 0. The molecule has 0 bridgehead atoms. The van der Waals surface area contributed by atoms with Crippen molar-refractivity contribution in [2.24, 2.45) is 0 Å². The van der Waals surface area contributed by atoms with Crippen LogP contribution >= 0.6 is 0 Å². The largest absolute Gasteiger partial charge is 0.399 e. The van der Waals surface area contributed by atoms with Gasteiger partial charge < -0.3 is 22.9 Å². The van der Waals surface area contributed by atoms with E-state index in [1.807, 2.05) is 36.4 Å². The van der Waals surface area contributed by atoms with E-state index < -0.39 is 0 Å². The highest BCUT2D eigenvalue weighted by Crippen LogP contribution is 2.43. The van der Waals surface area contributed by atoms with Gasteiger partial charge in [0.25, 0.3) is 0 Å². The van der Waals surface area contributed by atoms with E-state index in [9.17, 15) is 0 Å². The Morgan fingerprint density at radius 3 is 1.55 bits per heavy atom. The first-order valence-corrected chi connectivity index (χ1v) is 6.38. The Balaban J connectivity index is 2.43. The van der Waals surface area contributed by atoms with E-state index in [4.69, 9.17) is 22.9 Å². The van der Waals surface area contributed by atoms with Gasteiger partial charge in [-0.2, -0.15) is 0 Å². The average molecular weight is 262 g/mol. The normalized spacial score (nSPS) is 11.8. The van der Waals surface area contributed by atoms with Crippen molar-refractivity contribution in [2.45, 2.75) is 0 Å². The molecule has 0 aromatic heterocycles. The topological polar surface area (TPSA) is 104 Å². The molecular formula is C16H14N4. The predicted molar refractivity (Wildman–Crippen MR) is 87.8 cm³/mol. The highest BCUT2D eigenvalue weighted by atomic mass is 14.7. The highest BCUT2D eigenvalue weighted by molar-refractivity contribution is 6.29. The minimum absolute atomic E-state index is 0.454. The Labute approximate surface area is 115 Å². The molecule has 0 saturated heterocycles. The maximum atomic E-state index is 6.13. The van der Waals surface area contributed by atoms with Crippen molar-refractivity contribution < 1.29 is 0 Å². The second-order valence-electron chi connectivity index (χ2n) is 5.18. The van der Waals surface area contributed by atoms with Crippen LogP contribution in [0.2, 0.25) is 0 Å². The van der Waals surface area contributed by atoms with Crippen LogP contribution in [0.4, 0.5) is 22.7 Å². The smallest absolute Gasteiger partial charge is 0.0794 e. The van der Waals surface area contributed by atoms with Gasteiger partial charge in [0.2, 0.25) is 0 Å². The molecule has 0 spiro atoms. The van der Waals surface area contributed by atoms with E-state index in [1.54, 1.807) is 0 Å². The lowest BCUT2D eigenvalue weighted by Crippen LogP contribution is -2.02. The molecule has 8 N–H and O–H groups in total. The van der Waals surface area contributed by atoms with Crippen molar-refractivity contribution in [3.8, 4) is 0 Å². The lowest BCUT2D eigenvalue weighted by atomic mass is 9.91. The van der Waals surface area contributed by atoms with E-state index in [-0.39, 0.29) is 0 Å². The Morgan fingerprint density at radius 1 is 0.550 bits per heavy atom. The van der Waals surface area contributed by atoms with Gasteiger partial charge >= 0.3 is 0 Å². The van der Waals surface area contributed by atoms with Crippen LogP contribution in [0, 0.1) is 0 Å². The summed E-state index contributed by atoms with van der Waals surface area (Å²) < 4.78 is 0. The Bertz CT molecular complexity index is 916. The monoisotopic (exact) mass is 262 g/mol. The number of benzene rings is 4. The number of nitrogen functional groups attached to an aromatic ring is 4. The molecule has 4 aromatic rings. The minimum Gasteiger partial charge on any atom is -0.399 e. The van der Waals surface area contributed by atoms with E-state index in [0.717, 1.165) is 38.0 Å². The number of hydrogen-bond acceptors (Lipinski definition) is 4. The second-order valence-corrected chi connectivity index (χ2v) is 5.18. The fraction of sp³-hybridized carbons (Fsp3) is 0. The molecule has 0 radical (unpaired) electrons. The molecule has 0 aliphatic carbocycles. The molecule has 0 atom stereocenters. The summed E-state index contributed by atoms with van der Waals surface area (Å²) in [4.78, 5) is 0. The van der Waals surface area contributed by atoms with Gasteiger partial charge in [-0.1, -0.05) is 24.3 Å². The van der Waals surface area contributed by atoms with E-state index >= 15 is 0 Å². The maximum absolute atomic E-state index is 6.13. The van der Waals surface area contributed by atoms with Gasteiger partial charge in [-0.25, -0.2) is 0 Å². The highest BCUT2D eigenvalue weighted by Gasteiger charge is 2.15. The zero-order valence-electron chi connectivity index (χ0n) is 10.8. The molecule has 0 aliphatic rings. The molecule has 0 fully saturated rings. The third-order valence-electron chi connectivity index (χ3n) is 4.03. The van der Waals surface area contributed by atoms with E-state index in [2.05, 4.69) is 0 Å². The molecule has 0 amide bonds. The summed E-state index contributed by atoms with van der Waals surface area (Å²) in [5.41, 5.74) is 26.5. The predicted octanol–water partition coefficient (Wildman–Crippen LogP) is 2.91. The van der Waals surface area contributed by atoms with Gasteiger partial charge in [-0.05, 0) is 28.3 Å². The quantitative estimate of drug-likeness (QED) is 0.289. The van der Waals surface area contributed by atoms with E-state index in [0.29, 0.717) is 17.1 Å². The summed E-state index contributed by atoms with van der Waals surface area (Å²) in [6, 6.07) is 11.9. The fourth-order valence-corrected chi connectivity index (χ4v) is 3.07. The molecule has 0 saturated carbocycles. The summed E-state index contributed by atoms with van der Waals surface area (Å²) in [6.45, 7) is 0. The molecule has 0 heterocycles. The molecule has 4 aromatic carbocycles. The lowest BCUT2D eigenvalue weighted by molar-refractivity contribution is 1.71. The Kier molecular flexibility index (Phi) is 1.85. The van der Waals surface area contributed by atoms with Crippen LogP contribution in [0.25, 0.3) is 32.3 Å². The second kappa shape index (κ2) is 3.36. The number of rotatable bonds is 0. The summed E-state index contributed by atoms with van der Waals surface area (Å²) in [5.74, 6) is 0. The first kappa shape index (κ1) is 11.0. The van der Waals surface area contributed by atoms with Crippen LogP contribution in [0.15, 0.2) is 36.4 Å². The first-order chi connectivity index (χ1) is 9.58. The van der Waals surface area contributed by atoms with Crippen LogP contribution in [0.1, 0.15) is 0 Å². The van der Waals surface area contributed by atoms with Crippen LogP contribution in [-0.4, -0.2) is 0 Å². The fourth-order valence-electron chi connectivity index (χ4n) is 3.07. The van der Waals surface area contributed by atoms with Crippen LogP contribution in [0.5, 0.6) is 0 Å². The average Bonchev–Trinajstić information content (AvgIpc) is 2.44. The minimum atomic E-state index is 0.454. The number of anilines is 4. The van der Waals surface area contributed by atoms with Gasteiger partial charge in [-0.3, -0.25) is 0 Å². The van der Waals surface area contributed by atoms with Crippen molar-refractivity contribution in [3.05, 3.63) is 36.4 Å². The summed E-state index contributed by atoms with van der Waals surface area (Å²) in [5, 5.41) is 6.24. The maximum Gasteiger partial charge on any atom is 0.0794 e. The van der Waals surface area contributed by atoms with Gasteiger partial charge in [-0.15, -0.1) is 0 Å². The number of nitrogens with two attached hydrogens (primary N) is 4. The Hall–Kier alpha value is -2.88. The molecule has 4 heteroatoms. The SMILES string of the molecule is Nc1cc2ccc3c(N)c(N)c(N)c4ccc(c1)c2c34. The van der Waals surface area contributed by atoms with E-state index in [1.165, 1.54) is 0 Å². The number of hydrogen-bond donors (Lipinski definition) is 4. The summed E-state index contributed by atoms with van der Waals surface area (Å²) in [7, 11) is 0. The molecular weight excluding hydrogens is 248 g/mol. The third kappa shape index (κ3) is 1.15. The molecule has 0 aliphatic heterocycles. The van der Waals surface area contributed by atoms with Crippen LogP contribution in [0.3, 0.4) is 0 Å². The van der Waals surface area contributed by atoms with Crippen LogP contribution in [-0.2, 0) is 0 Å². The molecule has 0 unspecified atom stereocenters. The van der Waals surface area contributed by atoms with Gasteiger partial charge in [0.1, 0.15) is 0 Å². The lowest BCUT2D eigenvalue weighted by Gasteiger charge is -2.16. The van der Waals surface area contributed by atoms with Gasteiger partial charge in [0.05, 0.1) is 17.1 Å². The zero-order chi connectivity index (χ0) is 14.0. The Morgan fingerprint density at radius 2 is 1.05 bits per heavy atom. The zero-order valence-corrected chi connectivity index (χ0v) is 10.8. The van der Waals surface area contributed by atoms with Crippen molar-refractivity contribution >= 4 is 55.1 Å². The third-order valence-corrected chi connectivity index (χ3v) is 4.03. The van der Waals surface area contributed by atoms with Crippen LogP contribution < -0.4 is 22.9 Å². The van der Waals surface area contributed by atoms with Crippen molar-refractivity contribution in [1.29, 1.82) is 0 Å². The van der Waals surface area contributed by atoms with Crippen molar-refractivity contribution in [2.75, 3.05) is 22.9 Å². The standard InChI is InChI=1S/C16H14N4/c17-9-5-7-1-3-10-13-11(15(19)16(20)14(10)18)4-2-8(6-9)12(7)13/h1-6H,17-20H2. The molecule has 4 rings (SSSR count). The molecule has 98 valence electrons. The molecule has 4 nitrogen and oxygen atoms in total. The first-order valence-electron chi connectivity index (χ1n) is 6.38. The van der Waals surface area contributed by atoms with Gasteiger partial charge in [0, 0.05) is 21.8 Å². The van der Waals surface area contributed by atoms with Gasteiger partial charge in [0.15, 0.2) is 0 Å².